The molecule has 0 radical (unpaired) electrons. The Morgan fingerprint density at radius 1 is 1.11 bits per heavy atom. The van der Waals surface area contributed by atoms with Crippen LogP contribution in [-0.4, -0.2) is 5.71 Å². The first-order valence-corrected chi connectivity index (χ1v) is 7.36. The fraction of sp³-hybridized carbons (Fsp3) is 0.562. The molecule has 104 valence electrons. The van der Waals surface area contributed by atoms with Gasteiger partial charge in [-0.05, 0) is 31.4 Å². The summed E-state index contributed by atoms with van der Waals surface area (Å²) in [7, 11) is 0. The second-order valence-electron chi connectivity index (χ2n) is 3.93. The van der Waals surface area contributed by atoms with E-state index >= 15 is 0 Å². The van der Waals surface area contributed by atoms with E-state index in [4.69, 9.17) is 0 Å². The van der Waals surface area contributed by atoms with Crippen molar-refractivity contribution >= 4 is 24.0 Å². The van der Waals surface area contributed by atoms with E-state index in [1.807, 2.05) is 52.0 Å². The first-order valence-electron chi connectivity index (χ1n) is 6.91. The minimum Gasteiger partial charge on any atom is -0.257 e. The lowest BCUT2D eigenvalue weighted by atomic mass is 10.1. The molecule has 0 aliphatic rings. The first kappa shape index (κ1) is 19.6. The number of rotatable bonds is 3. The summed E-state index contributed by atoms with van der Waals surface area (Å²) in [6, 6.07) is 7.91. The van der Waals surface area contributed by atoms with Crippen LogP contribution in [0, 0.1) is 5.92 Å². The largest absolute Gasteiger partial charge is 0.257 e. The molecule has 0 aliphatic heterocycles. The summed E-state index contributed by atoms with van der Waals surface area (Å²) < 4.78 is 0. The van der Waals surface area contributed by atoms with E-state index in [1.54, 1.807) is 0 Å². The molecule has 0 saturated carbocycles. The Kier molecular flexibility index (Phi) is 13.8. The summed E-state index contributed by atoms with van der Waals surface area (Å²) in [4.78, 5) is 5.48. The molecule has 0 aliphatic carbocycles. The van der Waals surface area contributed by atoms with Crippen molar-refractivity contribution in [2.75, 3.05) is 0 Å². The third-order valence-corrected chi connectivity index (χ3v) is 2.27. The van der Waals surface area contributed by atoms with Crippen LogP contribution in [0.25, 0.3) is 0 Å². The Bertz CT molecular complexity index is 330. The van der Waals surface area contributed by atoms with Crippen LogP contribution in [-0.2, 0) is 0 Å². The highest BCUT2D eigenvalue weighted by atomic mass is 32.1. The molecule has 0 fully saturated rings. The van der Waals surface area contributed by atoms with Crippen molar-refractivity contribution in [1.82, 2.24) is 0 Å². The van der Waals surface area contributed by atoms with Crippen LogP contribution < -0.4 is 0 Å². The molecule has 0 unspecified atom stereocenters. The second kappa shape index (κ2) is 12.7. The Balaban J connectivity index is 0. The predicted molar refractivity (Wildman–Crippen MR) is 88.6 cm³/mol. The number of hydrogen-bond acceptors (Lipinski definition) is 2. The van der Waals surface area contributed by atoms with E-state index in [0.29, 0.717) is 5.92 Å². The monoisotopic (exact) mass is 267 g/mol. The molecule has 1 rings (SSSR count). The van der Waals surface area contributed by atoms with Gasteiger partial charge >= 0.3 is 0 Å². The summed E-state index contributed by atoms with van der Waals surface area (Å²) in [6.45, 7) is 14.5. The predicted octanol–water partition coefficient (Wildman–Crippen LogP) is 6.17. The molecule has 1 aromatic rings. The molecule has 2 heteroatoms. The van der Waals surface area contributed by atoms with Gasteiger partial charge in [-0.15, -0.1) is 12.6 Å². The Morgan fingerprint density at radius 3 is 2.06 bits per heavy atom. The zero-order valence-corrected chi connectivity index (χ0v) is 13.9. The molecule has 0 bridgehead atoms. The maximum absolute atomic E-state index is 4.54. The highest BCUT2D eigenvalue weighted by molar-refractivity contribution is 7.80. The van der Waals surface area contributed by atoms with Crippen molar-refractivity contribution in [3.05, 3.63) is 24.3 Å². The molecule has 1 aromatic carbocycles. The molecule has 0 atom stereocenters. The Hall–Kier alpha value is -0.760. The summed E-state index contributed by atoms with van der Waals surface area (Å²) in [5.74, 6) is 0.658. The fourth-order valence-electron chi connectivity index (χ4n) is 1.40. The summed E-state index contributed by atoms with van der Waals surface area (Å²) in [5, 5.41) is 0. The van der Waals surface area contributed by atoms with E-state index in [-0.39, 0.29) is 0 Å². The molecule has 1 nitrogen and oxygen atoms in total. The molecule has 0 aromatic heterocycles. The van der Waals surface area contributed by atoms with Crippen LogP contribution in [0.15, 0.2) is 34.2 Å². The molecular formula is C16H29NS. The van der Waals surface area contributed by atoms with Gasteiger partial charge in [0.05, 0.1) is 5.69 Å². The lowest BCUT2D eigenvalue weighted by Gasteiger charge is -2.05. The van der Waals surface area contributed by atoms with Gasteiger partial charge in [-0.3, -0.25) is 4.99 Å². The van der Waals surface area contributed by atoms with Crippen molar-refractivity contribution in [3.63, 3.8) is 0 Å². The number of nitrogens with zero attached hydrogens (tertiary/aromatic N) is 1. The minimum atomic E-state index is 0.658. The zero-order chi connectivity index (χ0) is 14.6. The molecule has 0 amide bonds. The second-order valence-corrected chi connectivity index (χ2v) is 4.42. The van der Waals surface area contributed by atoms with E-state index in [1.165, 1.54) is 5.71 Å². The quantitative estimate of drug-likeness (QED) is 0.497. The van der Waals surface area contributed by atoms with Crippen LogP contribution in [0.3, 0.4) is 0 Å². The standard InChI is InChI=1S/C12H17NS.2C2H6/c1-9(2)8-10(3)13-11-6-4-5-7-12(11)14;2*1-2/h4-7,9,14H,8H2,1-3H3;2*1-2H3. The number of hydrogen-bond donors (Lipinski definition) is 1. The molecule has 0 N–H and O–H groups in total. The molecule has 0 heterocycles. The smallest absolute Gasteiger partial charge is 0.0762 e. The van der Waals surface area contributed by atoms with Gasteiger partial charge in [-0.1, -0.05) is 53.7 Å². The van der Waals surface area contributed by atoms with Crippen LogP contribution in [0.4, 0.5) is 5.69 Å². The highest BCUT2D eigenvalue weighted by Gasteiger charge is 1.99. The van der Waals surface area contributed by atoms with Crippen molar-refractivity contribution in [3.8, 4) is 0 Å². The third-order valence-electron chi connectivity index (χ3n) is 1.90. The normalized spacial score (nSPS) is 10.2. The van der Waals surface area contributed by atoms with Crippen molar-refractivity contribution in [2.24, 2.45) is 10.9 Å². The lowest BCUT2D eigenvalue weighted by molar-refractivity contribution is 0.682. The topological polar surface area (TPSA) is 12.4 Å². The summed E-state index contributed by atoms with van der Waals surface area (Å²) >= 11 is 4.36. The van der Waals surface area contributed by atoms with Crippen molar-refractivity contribution in [2.45, 2.75) is 59.8 Å². The first-order chi connectivity index (χ1) is 8.59. The van der Waals surface area contributed by atoms with Crippen molar-refractivity contribution in [1.29, 1.82) is 0 Å². The van der Waals surface area contributed by atoms with Gasteiger partial charge in [-0.2, -0.15) is 0 Å². The average molecular weight is 267 g/mol. The van der Waals surface area contributed by atoms with Gasteiger partial charge in [0.25, 0.3) is 0 Å². The Labute approximate surface area is 119 Å². The molecule has 18 heavy (non-hydrogen) atoms. The van der Waals surface area contributed by atoms with Gasteiger partial charge in [0.2, 0.25) is 0 Å². The minimum absolute atomic E-state index is 0.658. The van der Waals surface area contributed by atoms with Gasteiger partial charge in [0.15, 0.2) is 0 Å². The summed E-state index contributed by atoms with van der Waals surface area (Å²) in [6.07, 6.45) is 1.04. The number of aliphatic imine (C=N–C) groups is 1. The van der Waals surface area contributed by atoms with Crippen LogP contribution in [0.5, 0.6) is 0 Å². The maximum atomic E-state index is 4.54. The fourth-order valence-corrected chi connectivity index (χ4v) is 1.61. The number of benzene rings is 1. The molecule has 0 spiro atoms. The number of para-hydroxylation sites is 1. The van der Waals surface area contributed by atoms with Crippen LogP contribution >= 0.6 is 12.6 Å². The van der Waals surface area contributed by atoms with E-state index in [9.17, 15) is 0 Å². The SMILES string of the molecule is CC.CC.CC(CC(C)C)=Nc1ccccc1S. The zero-order valence-electron chi connectivity index (χ0n) is 13.0. The van der Waals surface area contributed by atoms with Crippen LogP contribution in [0.2, 0.25) is 0 Å². The third kappa shape index (κ3) is 9.29. The average Bonchev–Trinajstić information content (AvgIpc) is 2.36. The van der Waals surface area contributed by atoms with Gasteiger partial charge in [0.1, 0.15) is 0 Å². The van der Waals surface area contributed by atoms with Gasteiger partial charge in [0, 0.05) is 10.6 Å². The van der Waals surface area contributed by atoms with Gasteiger partial charge < -0.3 is 0 Å². The van der Waals surface area contributed by atoms with Crippen molar-refractivity contribution < 1.29 is 0 Å². The molecule has 0 saturated heterocycles. The van der Waals surface area contributed by atoms with Crippen LogP contribution in [0.1, 0.15) is 54.9 Å². The Morgan fingerprint density at radius 2 is 1.61 bits per heavy atom. The number of thiol groups is 1. The maximum Gasteiger partial charge on any atom is 0.0762 e. The summed E-state index contributed by atoms with van der Waals surface area (Å²) in [5.41, 5.74) is 2.13. The van der Waals surface area contributed by atoms with E-state index < -0.39 is 0 Å². The van der Waals surface area contributed by atoms with Gasteiger partial charge in [-0.25, -0.2) is 0 Å². The van der Waals surface area contributed by atoms with E-state index in [0.717, 1.165) is 17.0 Å². The highest BCUT2D eigenvalue weighted by Crippen LogP contribution is 2.22. The van der Waals surface area contributed by atoms with E-state index in [2.05, 4.69) is 38.4 Å². The molecular weight excluding hydrogens is 238 g/mol. The lowest BCUT2D eigenvalue weighted by Crippen LogP contribution is -1.97.